The van der Waals surface area contributed by atoms with Crippen molar-refractivity contribution in [3.63, 3.8) is 0 Å². The Balaban J connectivity index is 2.01. The van der Waals surface area contributed by atoms with Gasteiger partial charge in [0.25, 0.3) is 0 Å². The van der Waals surface area contributed by atoms with Crippen molar-refractivity contribution in [2.45, 2.75) is 4.90 Å². The van der Waals surface area contributed by atoms with E-state index in [1.165, 1.54) is 33.6 Å². The van der Waals surface area contributed by atoms with Crippen molar-refractivity contribution in [2.24, 2.45) is 5.10 Å². The molecule has 1 N–H and O–H groups in total. The molecular weight excluding hydrogens is 359 g/mol. The van der Waals surface area contributed by atoms with E-state index >= 15 is 0 Å². The maximum Gasteiger partial charge on any atom is 0.250 e. The zero-order chi connectivity index (χ0) is 18.9. The number of nitrogens with zero attached hydrogens (tertiary/aromatic N) is 1. The number of hydrogen-bond acceptors (Lipinski definition) is 6. The average Bonchev–Trinajstić information content (AvgIpc) is 2.67. The molecule has 2 rings (SSSR count). The van der Waals surface area contributed by atoms with Crippen molar-refractivity contribution in [3.8, 4) is 17.2 Å². The minimum absolute atomic E-state index is 0.0369. The summed E-state index contributed by atoms with van der Waals surface area (Å²) in [6.45, 7) is 0. The van der Waals surface area contributed by atoms with Gasteiger partial charge in [0.2, 0.25) is 5.91 Å². The molecule has 0 saturated carbocycles. The summed E-state index contributed by atoms with van der Waals surface area (Å²) in [6.07, 6.45) is 1.42. The number of methoxy groups -OCH3 is 3. The zero-order valence-corrected chi connectivity index (χ0v) is 15.4. The van der Waals surface area contributed by atoms with Crippen LogP contribution >= 0.6 is 11.8 Å². The Hall–Kier alpha value is -2.74. The van der Waals surface area contributed by atoms with Crippen molar-refractivity contribution in [1.82, 2.24) is 5.43 Å². The third kappa shape index (κ3) is 5.13. The lowest BCUT2D eigenvalue weighted by Crippen LogP contribution is -2.19. The normalized spacial score (nSPS) is 10.6. The number of carbonyl (C=O) groups excluding carboxylic acids is 1. The molecule has 1 amide bonds. The van der Waals surface area contributed by atoms with Gasteiger partial charge in [0, 0.05) is 17.0 Å². The molecule has 0 aliphatic heterocycles. The maximum atomic E-state index is 13.5. The van der Waals surface area contributed by atoms with E-state index in [9.17, 15) is 9.18 Å². The number of nitrogens with one attached hydrogen (secondary N) is 1. The van der Waals surface area contributed by atoms with Crippen LogP contribution in [0.3, 0.4) is 0 Å². The fourth-order valence-corrected chi connectivity index (χ4v) is 2.80. The summed E-state index contributed by atoms with van der Waals surface area (Å²) < 4.78 is 29.3. The predicted octanol–water partition coefficient (Wildman–Crippen LogP) is 3.09. The zero-order valence-electron chi connectivity index (χ0n) is 14.6. The van der Waals surface area contributed by atoms with Gasteiger partial charge in [-0.15, -0.1) is 11.8 Å². The summed E-state index contributed by atoms with van der Waals surface area (Å²) in [5.41, 5.74) is 2.95. The third-order valence-electron chi connectivity index (χ3n) is 3.33. The van der Waals surface area contributed by atoms with Crippen LogP contribution in [0.1, 0.15) is 5.56 Å². The molecule has 6 nitrogen and oxygen atoms in total. The Labute approximate surface area is 155 Å². The molecule has 2 aromatic carbocycles. The second-order valence-electron chi connectivity index (χ2n) is 4.96. The number of hydrazone groups is 1. The highest BCUT2D eigenvalue weighted by atomic mass is 32.2. The molecule has 0 unspecified atom stereocenters. The quantitative estimate of drug-likeness (QED) is 0.434. The van der Waals surface area contributed by atoms with Crippen LogP contribution in [0.2, 0.25) is 0 Å². The van der Waals surface area contributed by atoms with Crippen LogP contribution in [0, 0.1) is 5.82 Å². The molecule has 0 bridgehead atoms. The van der Waals surface area contributed by atoms with Gasteiger partial charge in [0.1, 0.15) is 23.1 Å². The van der Waals surface area contributed by atoms with Gasteiger partial charge in [-0.1, -0.05) is 12.1 Å². The second kappa shape index (κ2) is 9.67. The van der Waals surface area contributed by atoms with E-state index in [0.29, 0.717) is 27.7 Å². The Morgan fingerprint density at radius 2 is 1.81 bits per heavy atom. The summed E-state index contributed by atoms with van der Waals surface area (Å²) in [4.78, 5) is 12.3. The molecule has 2 aromatic rings. The Kier molecular flexibility index (Phi) is 7.28. The van der Waals surface area contributed by atoms with Crippen LogP contribution in [0.25, 0.3) is 0 Å². The number of hydrogen-bond donors (Lipinski definition) is 1. The first kappa shape index (κ1) is 19.6. The number of halogens is 1. The van der Waals surface area contributed by atoms with E-state index in [0.717, 1.165) is 11.8 Å². The SMILES string of the molecule is COc1cc(OC)c(/C=N\NC(=O)CSc2ccccc2F)c(OC)c1. The lowest BCUT2D eigenvalue weighted by Gasteiger charge is -2.12. The Morgan fingerprint density at radius 1 is 1.15 bits per heavy atom. The van der Waals surface area contributed by atoms with Crippen LogP contribution in [-0.2, 0) is 4.79 Å². The maximum absolute atomic E-state index is 13.5. The first-order valence-electron chi connectivity index (χ1n) is 7.58. The minimum atomic E-state index is -0.360. The number of thioether (sulfide) groups is 1. The summed E-state index contributed by atoms with van der Waals surface area (Å²) in [7, 11) is 4.56. The molecule has 0 spiro atoms. The number of ether oxygens (including phenoxy) is 3. The van der Waals surface area contributed by atoms with Crippen LogP contribution in [-0.4, -0.2) is 39.2 Å². The van der Waals surface area contributed by atoms with E-state index in [4.69, 9.17) is 14.2 Å². The molecule has 0 radical (unpaired) electrons. The molecule has 8 heteroatoms. The first-order valence-corrected chi connectivity index (χ1v) is 8.56. The summed E-state index contributed by atoms with van der Waals surface area (Å²) in [6, 6.07) is 9.63. The van der Waals surface area contributed by atoms with E-state index in [-0.39, 0.29) is 17.5 Å². The highest BCUT2D eigenvalue weighted by molar-refractivity contribution is 8.00. The number of carbonyl (C=O) groups is 1. The van der Waals surface area contributed by atoms with Crippen molar-refractivity contribution >= 4 is 23.9 Å². The van der Waals surface area contributed by atoms with E-state index in [1.807, 2.05) is 0 Å². The van der Waals surface area contributed by atoms with Crippen LogP contribution in [0.5, 0.6) is 17.2 Å². The van der Waals surface area contributed by atoms with Crippen LogP contribution in [0.15, 0.2) is 46.4 Å². The van der Waals surface area contributed by atoms with E-state index in [2.05, 4.69) is 10.5 Å². The first-order chi connectivity index (χ1) is 12.6. The van der Waals surface area contributed by atoms with Crippen LogP contribution < -0.4 is 19.6 Å². The van der Waals surface area contributed by atoms with Crippen molar-refractivity contribution in [1.29, 1.82) is 0 Å². The van der Waals surface area contributed by atoms with Crippen LogP contribution in [0.4, 0.5) is 4.39 Å². The molecule has 0 aromatic heterocycles. The number of benzene rings is 2. The summed E-state index contributed by atoms with van der Waals surface area (Å²) in [5.74, 6) is 0.860. The predicted molar refractivity (Wildman–Crippen MR) is 99.0 cm³/mol. The molecule has 0 fully saturated rings. The Bertz CT molecular complexity index is 774. The second-order valence-corrected chi connectivity index (χ2v) is 5.98. The third-order valence-corrected chi connectivity index (χ3v) is 4.38. The molecule has 26 heavy (non-hydrogen) atoms. The van der Waals surface area contributed by atoms with Gasteiger partial charge in [-0.25, -0.2) is 9.82 Å². The van der Waals surface area contributed by atoms with Gasteiger partial charge < -0.3 is 14.2 Å². The minimum Gasteiger partial charge on any atom is -0.496 e. The van der Waals surface area contributed by atoms with Crippen molar-refractivity contribution in [2.75, 3.05) is 27.1 Å². The molecule has 0 saturated heterocycles. The van der Waals surface area contributed by atoms with Crippen molar-refractivity contribution in [3.05, 3.63) is 47.8 Å². The molecule has 0 atom stereocenters. The molecule has 0 heterocycles. The topological polar surface area (TPSA) is 69.2 Å². The van der Waals surface area contributed by atoms with Gasteiger partial charge in [0.05, 0.1) is 38.9 Å². The van der Waals surface area contributed by atoms with Gasteiger partial charge >= 0.3 is 0 Å². The smallest absolute Gasteiger partial charge is 0.250 e. The monoisotopic (exact) mass is 378 g/mol. The lowest BCUT2D eigenvalue weighted by atomic mass is 10.2. The largest absolute Gasteiger partial charge is 0.496 e. The number of amides is 1. The fraction of sp³-hybridized carbons (Fsp3) is 0.222. The molecule has 0 aliphatic rings. The van der Waals surface area contributed by atoms with Gasteiger partial charge in [0.15, 0.2) is 0 Å². The van der Waals surface area contributed by atoms with Gasteiger partial charge in [-0.2, -0.15) is 5.10 Å². The van der Waals surface area contributed by atoms with E-state index < -0.39 is 0 Å². The molecular formula is C18H19FN2O4S. The lowest BCUT2D eigenvalue weighted by molar-refractivity contribution is -0.118. The highest BCUT2D eigenvalue weighted by Crippen LogP contribution is 2.32. The van der Waals surface area contributed by atoms with E-state index in [1.54, 1.807) is 30.3 Å². The molecule has 0 aliphatic carbocycles. The summed E-state index contributed by atoms with van der Waals surface area (Å²) in [5, 5.41) is 3.92. The standard InChI is InChI=1S/C18H19FN2O4S/c1-23-12-8-15(24-2)13(16(9-12)25-3)10-20-21-18(22)11-26-17-7-5-4-6-14(17)19/h4-10H,11H2,1-3H3,(H,21,22)/b20-10-. The summed E-state index contributed by atoms with van der Waals surface area (Å²) >= 11 is 1.09. The number of rotatable bonds is 8. The average molecular weight is 378 g/mol. The fourth-order valence-electron chi connectivity index (χ4n) is 2.07. The highest BCUT2D eigenvalue weighted by Gasteiger charge is 2.12. The van der Waals surface area contributed by atoms with Gasteiger partial charge in [-0.3, -0.25) is 4.79 Å². The Morgan fingerprint density at radius 3 is 2.38 bits per heavy atom. The van der Waals surface area contributed by atoms with Crippen molar-refractivity contribution < 1.29 is 23.4 Å². The van der Waals surface area contributed by atoms with Gasteiger partial charge in [-0.05, 0) is 12.1 Å². The molecule has 138 valence electrons.